The van der Waals surface area contributed by atoms with Gasteiger partial charge < -0.3 is 10.6 Å². The summed E-state index contributed by atoms with van der Waals surface area (Å²) in [7, 11) is 0. The van der Waals surface area contributed by atoms with Crippen molar-refractivity contribution in [3.8, 4) is 0 Å². The van der Waals surface area contributed by atoms with Crippen LogP contribution in [0.5, 0.6) is 0 Å². The van der Waals surface area contributed by atoms with Crippen LogP contribution < -0.4 is 10.6 Å². The Balaban J connectivity index is 1.96. The molecule has 2 aromatic rings. The van der Waals surface area contributed by atoms with Crippen molar-refractivity contribution in [2.75, 3.05) is 11.9 Å². The molecule has 1 atom stereocenters. The van der Waals surface area contributed by atoms with Gasteiger partial charge in [0.25, 0.3) is 5.91 Å². The fourth-order valence-corrected chi connectivity index (χ4v) is 2.27. The number of nitrogens with zero attached hydrogens (tertiary/aromatic N) is 1. The summed E-state index contributed by atoms with van der Waals surface area (Å²) in [5.41, 5.74) is 2.44. The minimum atomic E-state index is -0.158. The molecule has 1 amide bonds. The molecule has 1 aromatic heterocycles. The molecule has 0 radical (unpaired) electrons. The van der Waals surface area contributed by atoms with Crippen molar-refractivity contribution in [2.24, 2.45) is 5.92 Å². The molecule has 2 N–H and O–H groups in total. The van der Waals surface area contributed by atoms with Crippen molar-refractivity contribution in [1.29, 1.82) is 0 Å². The average Bonchev–Trinajstić information content (AvgIpc) is 2.55. The highest BCUT2D eigenvalue weighted by atomic mass is 16.1. The Bertz CT molecular complexity index is 626. The lowest BCUT2D eigenvalue weighted by Crippen LogP contribution is -2.27. The first-order valence-corrected chi connectivity index (χ1v) is 8.12. The Hall–Kier alpha value is -2.36. The van der Waals surface area contributed by atoms with Crippen LogP contribution in [0.3, 0.4) is 0 Å². The zero-order valence-corrected chi connectivity index (χ0v) is 14.0. The van der Waals surface area contributed by atoms with Crippen LogP contribution in [0.25, 0.3) is 0 Å². The maximum atomic E-state index is 12.4. The number of anilines is 1. The summed E-state index contributed by atoms with van der Waals surface area (Å²) < 4.78 is 0. The topological polar surface area (TPSA) is 54.0 Å². The fourth-order valence-electron chi connectivity index (χ4n) is 2.27. The van der Waals surface area contributed by atoms with Crippen molar-refractivity contribution in [3.05, 3.63) is 59.9 Å². The highest BCUT2D eigenvalue weighted by Crippen LogP contribution is 2.13. The van der Waals surface area contributed by atoms with Gasteiger partial charge in [-0.05, 0) is 37.0 Å². The number of carbonyl (C=O) groups excluding carboxylic acids is 1. The molecule has 23 heavy (non-hydrogen) atoms. The number of amides is 1. The molecule has 0 aliphatic carbocycles. The minimum absolute atomic E-state index is 0.0527. The molecule has 4 nitrogen and oxygen atoms in total. The first-order valence-electron chi connectivity index (χ1n) is 8.12. The molecular weight excluding hydrogens is 286 g/mol. The predicted octanol–water partition coefficient (Wildman–Crippen LogP) is 4.03. The number of pyridine rings is 1. The number of benzene rings is 1. The summed E-state index contributed by atoms with van der Waals surface area (Å²) in [6.45, 7) is 7.25. The second-order valence-corrected chi connectivity index (χ2v) is 6.14. The third-order valence-electron chi connectivity index (χ3n) is 3.69. The maximum Gasteiger partial charge on any atom is 0.270 e. The lowest BCUT2D eigenvalue weighted by atomic mass is 10.1. The quantitative estimate of drug-likeness (QED) is 0.811. The maximum absolute atomic E-state index is 12.4. The van der Waals surface area contributed by atoms with Gasteiger partial charge in [-0.1, -0.05) is 44.2 Å². The summed E-state index contributed by atoms with van der Waals surface area (Å²) in [5.74, 6) is 0.493. The molecule has 122 valence electrons. The van der Waals surface area contributed by atoms with Gasteiger partial charge in [0.15, 0.2) is 0 Å². The van der Waals surface area contributed by atoms with E-state index in [1.165, 1.54) is 0 Å². The number of nitrogens with one attached hydrogen (secondary N) is 2. The van der Waals surface area contributed by atoms with Gasteiger partial charge in [0.05, 0.1) is 6.04 Å². The molecular formula is C19H25N3O. The molecule has 1 unspecified atom stereocenters. The molecule has 4 heteroatoms. The molecule has 0 bridgehead atoms. The Kier molecular flexibility index (Phi) is 6.15. The van der Waals surface area contributed by atoms with Crippen molar-refractivity contribution in [1.82, 2.24) is 10.3 Å². The fraction of sp³-hybridized carbons (Fsp3) is 0.368. The van der Waals surface area contributed by atoms with Crippen molar-refractivity contribution >= 4 is 11.6 Å². The van der Waals surface area contributed by atoms with Crippen LogP contribution in [0.2, 0.25) is 0 Å². The van der Waals surface area contributed by atoms with Crippen molar-refractivity contribution in [2.45, 2.75) is 33.2 Å². The van der Waals surface area contributed by atoms with E-state index >= 15 is 0 Å². The molecule has 0 spiro atoms. The number of carbonyl (C=O) groups is 1. The molecule has 0 saturated carbocycles. The average molecular weight is 311 g/mol. The summed E-state index contributed by atoms with van der Waals surface area (Å²) >= 11 is 0. The third kappa shape index (κ3) is 5.40. The largest absolute Gasteiger partial charge is 0.385 e. The second kappa shape index (κ2) is 8.32. The van der Waals surface area contributed by atoms with Gasteiger partial charge in [0.2, 0.25) is 0 Å². The van der Waals surface area contributed by atoms with E-state index in [4.69, 9.17) is 0 Å². The zero-order chi connectivity index (χ0) is 16.7. The van der Waals surface area contributed by atoms with E-state index in [9.17, 15) is 4.79 Å². The standard InChI is InChI=1S/C19H25N3O/c1-14(2)9-11-20-17-10-12-21-18(13-17)19(23)22-15(3)16-7-5-4-6-8-16/h4-8,10,12-15H,9,11H2,1-3H3,(H,20,21)(H,22,23). The summed E-state index contributed by atoms with van der Waals surface area (Å²) in [6, 6.07) is 13.5. The van der Waals surface area contributed by atoms with E-state index in [-0.39, 0.29) is 11.9 Å². The van der Waals surface area contributed by atoms with Gasteiger partial charge in [-0.2, -0.15) is 0 Å². The molecule has 1 heterocycles. The first-order chi connectivity index (χ1) is 11.1. The Morgan fingerprint density at radius 1 is 1.13 bits per heavy atom. The molecule has 2 rings (SSSR count). The number of hydrogen-bond donors (Lipinski definition) is 2. The Morgan fingerprint density at radius 3 is 2.57 bits per heavy atom. The van der Waals surface area contributed by atoms with E-state index < -0.39 is 0 Å². The van der Waals surface area contributed by atoms with Crippen LogP contribution in [-0.2, 0) is 0 Å². The van der Waals surface area contributed by atoms with Crippen molar-refractivity contribution < 1.29 is 4.79 Å². The summed E-state index contributed by atoms with van der Waals surface area (Å²) in [4.78, 5) is 16.5. The van der Waals surface area contributed by atoms with Crippen LogP contribution in [0.15, 0.2) is 48.7 Å². The first kappa shape index (κ1) is 17.0. The van der Waals surface area contributed by atoms with Crippen LogP contribution in [0.4, 0.5) is 5.69 Å². The van der Waals surface area contributed by atoms with E-state index in [0.29, 0.717) is 11.6 Å². The SMILES string of the molecule is CC(C)CCNc1ccnc(C(=O)NC(C)c2ccccc2)c1. The molecule has 1 aromatic carbocycles. The Labute approximate surface area is 138 Å². The minimum Gasteiger partial charge on any atom is -0.385 e. The lowest BCUT2D eigenvalue weighted by molar-refractivity contribution is 0.0935. The number of hydrogen-bond acceptors (Lipinski definition) is 3. The smallest absolute Gasteiger partial charge is 0.270 e. The van der Waals surface area contributed by atoms with E-state index in [2.05, 4.69) is 29.5 Å². The van der Waals surface area contributed by atoms with Gasteiger partial charge >= 0.3 is 0 Å². The van der Waals surface area contributed by atoms with Gasteiger partial charge in [-0.3, -0.25) is 9.78 Å². The highest BCUT2D eigenvalue weighted by Gasteiger charge is 2.12. The zero-order valence-electron chi connectivity index (χ0n) is 14.0. The summed E-state index contributed by atoms with van der Waals surface area (Å²) in [5, 5.41) is 6.32. The summed E-state index contributed by atoms with van der Waals surface area (Å²) in [6.07, 6.45) is 2.76. The van der Waals surface area contributed by atoms with Gasteiger partial charge in [-0.25, -0.2) is 0 Å². The van der Waals surface area contributed by atoms with E-state index in [1.807, 2.05) is 43.3 Å². The second-order valence-electron chi connectivity index (χ2n) is 6.14. The number of rotatable bonds is 7. The van der Waals surface area contributed by atoms with Crippen molar-refractivity contribution in [3.63, 3.8) is 0 Å². The molecule has 0 fully saturated rings. The highest BCUT2D eigenvalue weighted by molar-refractivity contribution is 5.93. The monoisotopic (exact) mass is 311 g/mol. The normalized spacial score (nSPS) is 12.0. The van der Waals surface area contributed by atoms with Gasteiger partial charge in [0.1, 0.15) is 5.69 Å². The van der Waals surface area contributed by atoms with E-state index in [0.717, 1.165) is 24.2 Å². The van der Waals surface area contributed by atoms with Crippen LogP contribution in [0.1, 0.15) is 49.3 Å². The Morgan fingerprint density at radius 2 is 1.87 bits per heavy atom. The number of aromatic nitrogens is 1. The lowest BCUT2D eigenvalue weighted by Gasteiger charge is -2.14. The van der Waals surface area contributed by atoms with E-state index in [1.54, 1.807) is 12.3 Å². The van der Waals surface area contributed by atoms with Crippen LogP contribution in [0, 0.1) is 5.92 Å². The molecule has 0 aliphatic heterocycles. The molecule has 0 saturated heterocycles. The molecule has 0 aliphatic rings. The predicted molar refractivity (Wildman–Crippen MR) is 94.5 cm³/mol. The van der Waals surface area contributed by atoms with Crippen LogP contribution >= 0.6 is 0 Å². The van der Waals surface area contributed by atoms with Crippen LogP contribution in [-0.4, -0.2) is 17.4 Å². The van der Waals surface area contributed by atoms with Gasteiger partial charge in [-0.15, -0.1) is 0 Å². The third-order valence-corrected chi connectivity index (χ3v) is 3.69. The van der Waals surface area contributed by atoms with Gasteiger partial charge in [0, 0.05) is 18.4 Å².